The summed E-state index contributed by atoms with van der Waals surface area (Å²) in [5.74, 6) is 1.08. The highest BCUT2D eigenvalue weighted by molar-refractivity contribution is 5.42. The van der Waals surface area contributed by atoms with Crippen molar-refractivity contribution in [2.45, 2.75) is 32.1 Å². The molecule has 0 saturated heterocycles. The van der Waals surface area contributed by atoms with E-state index in [0.29, 0.717) is 18.2 Å². The zero-order chi connectivity index (χ0) is 14.8. The zero-order valence-corrected chi connectivity index (χ0v) is 12.2. The Kier molecular flexibility index (Phi) is 3.93. The summed E-state index contributed by atoms with van der Waals surface area (Å²) >= 11 is 0. The number of fused-ring (bicyclic) bond motifs is 1. The van der Waals surface area contributed by atoms with Crippen molar-refractivity contribution in [3.8, 4) is 11.5 Å². The highest BCUT2D eigenvalue weighted by Crippen LogP contribution is 2.34. The van der Waals surface area contributed by atoms with Crippen molar-refractivity contribution in [2.24, 2.45) is 5.73 Å². The van der Waals surface area contributed by atoms with Gasteiger partial charge in [0, 0.05) is 0 Å². The van der Waals surface area contributed by atoms with E-state index in [0.717, 1.165) is 24.8 Å². The van der Waals surface area contributed by atoms with Crippen molar-refractivity contribution in [3.05, 3.63) is 58.9 Å². The quantitative estimate of drug-likeness (QED) is 0.912. The van der Waals surface area contributed by atoms with Crippen molar-refractivity contribution in [3.63, 3.8) is 0 Å². The minimum atomic E-state index is -0.326. The largest absolute Gasteiger partial charge is 0.454 e. The fourth-order valence-electron chi connectivity index (χ4n) is 3.02. The number of aryl methyl sites for hydroxylation is 2. The Labute approximate surface area is 124 Å². The second-order valence-corrected chi connectivity index (χ2v) is 5.72. The summed E-state index contributed by atoms with van der Waals surface area (Å²) < 4.78 is 19.5. The molecule has 0 aromatic heterocycles. The molecule has 0 bridgehead atoms. The van der Waals surface area contributed by atoms with E-state index in [1.54, 1.807) is 6.07 Å². The first kappa shape index (κ1) is 14.1. The van der Waals surface area contributed by atoms with Crippen molar-refractivity contribution in [1.82, 2.24) is 0 Å². The summed E-state index contributed by atoms with van der Waals surface area (Å²) in [6.07, 6.45) is 3.34. The van der Waals surface area contributed by atoms with E-state index < -0.39 is 0 Å². The van der Waals surface area contributed by atoms with Crippen LogP contribution in [0.5, 0.6) is 11.5 Å². The first-order valence-corrected chi connectivity index (χ1v) is 7.44. The van der Waals surface area contributed by atoms with Gasteiger partial charge in [-0.15, -0.1) is 0 Å². The topological polar surface area (TPSA) is 35.2 Å². The van der Waals surface area contributed by atoms with Crippen LogP contribution in [0.15, 0.2) is 36.4 Å². The smallest absolute Gasteiger partial charge is 0.165 e. The van der Waals surface area contributed by atoms with Gasteiger partial charge in [0.1, 0.15) is 5.75 Å². The highest BCUT2D eigenvalue weighted by Gasteiger charge is 2.19. The highest BCUT2D eigenvalue weighted by atomic mass is 19.1. The third-order valence-electron chi connectivity index (χ3n) is 4.15. The number of hydrogen-bond donors (Lipinski definition) is 1. The van der Waals surface area contributed by atoms with Crippen LogP contribution in [0.3, 0.4) is 0 Å². The van der Waals surface area contributed by atoms with Crippen LogP contribution in [0.1, 0.15) is 35.4 Å². The monoisotopic (exact) mass is 285 g/mol. The molecule has 0 radical (unpaired) electrons. The molecule has 0 amide bonds. The Morgan fingerprint density at radius 2 is 2.10 bits per heavy atom. The van der Waals surface area contributed by atoms with Crippen LogP contribution in [-0.2, 0) is 6.42 Å². The van der Waals surface area contributed by atoms with Gasteiger partial charge in [-0.05, 0) is 79.6 Å². The second-order valence-electron chi connectivity index (χ2n) is 5.72. The lowest BCUT2D eigenvalue weighted by Gasteiger charge is -2.24. The molecule has 2 N–H and O–H groups in total. The van der Waals surface area contributed by atoms with Gasteiger partial charge in [-0.3, -0.25) is 0 Å². The lowest BCUT2D eigenvalue weighted by atomic mass is 9.83. The minimum Gasteiger partial charge on any atom is -0.454 e. The molecule has 3 heteroatoms. The molecule has 0 fully saturated rings. The van der Waals surface area contributed by atoms with E-state index in [4.69, 9.17) is 10.5 Å². The predicted octanol–water partition coefficient (Wildman–Crippen LogP) is 4.31. The summed E-state index contributed by atoms with van der Waals surface area (Å²) in [7, 11) is 0. The van der Waals surface area contributed by atoms with Crippen molar-refractivity contribution in [1.29, 1.82) is 0 Å². The number of ether oxygens (including phenoxy) is 1. The Bertz CT molecular complexity index is 654. The number of hydrogen-bond acceptors (Lipinski definition) is 2. The fourth-order valence-corrected chi connectivity index (χ4v) is 3.02. The first-order chi connectivity index (χ1) is 10.2. The van der Waals surface area contributed by atoms with Gasteiger partial charge >= 0.3 is 0 Å². The molecule has 0 heterocycles. The molecule has 1 aliphatic carbocycles. The molecule has 2 aromatic rings. The normalized spacial score (nSPS) is 17.4. The summed E-state index contributed by atoms with van der Waals surface area (Å²) in [4.78, 5) is 0. The standard InChI is InChI=1S/C18H20FNO/c1-12-5-8-18(17(19)9-12)21-15-6-7-16-13(10-15)3-2-4-14(16)11-20/h5-10,14H,2-4,11,20H2,1H3. The summed E-state index contributed by atoms with van der Waals surface area (Å²) in [5.41, 5.74) is 9.32. The van der Waals surface area contributed by atoms with Gasteiger partial charge in [-0.25, -0.2) is 4.39 Å². The average molecular weight is 285 g/mol. The molecule has 0 aliphatic heterocycles. The molecule has 1 unspecified atom stereocenters. The molecule has 3 rings (SSSR count). The van der Waals surface area contributed by atoms with Crippen LogP contribution in [0.2, 0.25) is 0 Å². The molecular weight excluding hydrogens is 265 g/mol. The number of halogens is 1. The average Bonchev–Trinajstić information content (AvgIpc) is 2.49. The summed E-state index contributed by atoms with van der Waals surface area (Å²) in [5, 5.41) is 0. The lowest BCUT2D eigenvalue weighted by molar-refractivity contribution is 0.440. The summed E-state index contributed by atoms with van der Waals surface area (Å²) in [6.45, 7) is 2.54. The Hall–Kier alpha value is -1.87. The molecule has 2 aromatic carbocycles. The van der Waals surface area contributed by atoms with E-state index in [1.807, 2.05) is 25.1 Å². The Morgan fingerprint density at radius 1 is 1.24 bits per heavy atom. The van der Waals surface area contributed by atoms with E-state index in [1.165, 1.54) is 17.2 Å². The van der Waals surface area contributed by atoms with Gasteiger partial charge in [-0.1, -0.05) is 12.1 Å². The summed E-state index contributed by atoms with van der Waals surface area (Å²) in [6, 6.07) is 11.0. The van der Waals surface area contributed by atoms with Crippen molar-refractivity contribution in [2.75, 3.05) is 6.54 Å². The van der Waals surface area contributed by atoms with Gasteiger partial charge in [0.2, 0.25) is 0 Å². The minimum absolute atomic E-state index is 0.270. The molecule has 0 saturated carbocycles. The molecule has 0 spiro atoms. The second kappa shape index (κ2) is 5.86. The maximum Gasteiger partial charge on any atom is 0.165 e. The van der Waals surface area contributed by atoms with Crippen LogP contribution >= 0.6 is 0 Å². The van der Waals surface area contributed by atoms with Crippen LogP contribution in [-0.4, -0.2) is 6.54 Å². The van der Waals surface area contributed by atoms with E-state index >= 15 is 0 Å². The number of nitrogens with two attached hydrogens (primary N) is 1. The molecule has 1 atom stereocenters. The molecule has 2 nitrogen and oxygen atoms in total. The van der Waals surface area contributed by atoms with Crippen molar-refractivity contribution >= 4 is 0 Å². The number of benzene rings is 2. The van der Waals surface area contributed by atoms with Crippen LogP contribution in [0.25, 0.3) is 0 Å². The van der Waals surface area contributed by atoms with Gasteiger partial charge in [0.05, 0.1) is 0 Å². The van der Waals surface area contributed by atoms with Crippen LogP contribution < -0.4 is 10.5 Å². The Morgan fingerprint density at radius 3 is 2.86 bits per heavy atom. The number of rotatable bonds is 3. The maximum absolute atomic E-state index is 13.9. The third kappa shape index (κ3) is 2.93. The zero-order valence-electron chi connectivity index (χ0n) is 12.2. The van der Waals surface area contributed by atoms with Gasteiger partial charge in [0.25, 0.3) is 0 Å². The van der Waals surface area contributed by atoms with E-state index in [9.17, 15) is 4.39 Å². The third-order valence-corrected chi connectivity index (χ3v) is 4.15. The molecule has 110 valence electrons. The molecular formula is C18H20FNO. The Balaban J connectivity index is 1.87. The maximum atomic E-state index is 13.9. The fraction of sp³-hybridized carbons (Fsp3) is 0.333. The van der Waals surface area contributed by atoms with E-state index in [2.05, 4.69) is 6.07 Å². The SMILES string of the molecule is Cc1ccc(Oc2ccc3c(c2)CCCC3CN)c(F)c1. The van der Waals surface area contributed by atoms with Crippen molar-refractivity contribution < 1.29 is 9.13 Å². The molecule has 21 heavy (non-hydrogen) atoms. The van der Waals surface area contributed by atoms with Crippen LogP contribution in [0.4, 0.5) is 4.39 Å². The van der Waals surface area contributed by atoms with Gasteiger partial charge in [0.15, 0.2) is 11.6 Å². The van der Waals surface area contributed by atoms with Crippen LogP contribution in [0, 0.1) is 12.7 Å². The first-order valence-electron chi connectivity index (χ1n) is 7.44. The van der Waals surface area contributed by atoms with Gasteiger partial charge in [-0.2, -0.15) is 0 Å². The lowest BCUT2D eigenvalue weighted by Crippen LogP contribution is -2.18. The van der Waals surface area contributed by atoms with Gasteiger partial charge < -0.3 is 10.5 Å². The molecule has 1 aliphatic rings. The van der Waals surface area contributed by atoms with E-state index in [-0.39, 0.29) is 11.6 Å². The predicted molar refractivity (Wildman–Crippen MR) is 82.4 cm³/mol.